The lowest BCUT2D eigenvalue weighted by atomic mass is 9.91. The summed E-state index contributed by atoms with van der Waals surface area (Å²) < 4.78 is 4.72. The molecular weight excluding hydrogens is 753 g/mol. The Morgan fingerprint density at radius 3 is 1.63 bits per heavy atom. The Labute approximate surface area is 355 Å². The van der Waals surface area contributed by atoms with E-state index in [9.17, 15) is 0 Å². The van der Waals surface area contributed by atoms with Crippen LogP contribution in [-0.4, -0.2) is 19.1 Å². The molecule has 286 valence electrons. The van der Waals surface area contributed by atoms with Crippen LogP contribution in [0, 0.1) is 0 Å². The number of para-hydroxylation sites is 2. The summed E-state index contributed by atoms with van der Waals surface area (Å²) >= 11 is 0. The van der Waals surface area contributed by atoms with Crippen molar-refractivity contribution in [3.63, 3.8) is 0 Å². The lowest BCUT2D eigenvalue weighted by molar-refractivity contribution is 1.02. The second kappa shape index (κ2) is 12.6. The predicted molar refractivity (Wildman–Crippen MR) is 261 cm³/mol. The zero-order chi connectivity index (χ0) is 40.5. The van der Waals surface area contributed by atoms with Crippen molar-refractivity contribution in [1.29, 1.82) is 0 Å². The average Bonchev–Trinajstić information content (AvgIpc) is 3.87. The van der Waals surface area contributed by atoms with E-state index in [0.29, 0.717) is 5.95 Å². The highest BCUT2D eigenvalue weighted by Gasteiger charge is 2.23. The number of hydrogen-bond donors (Lipinski definition) is 0. The molecule has 0 saturated carbocycles. The fourth-order valence-electron chi connectivity index (χ4n) is 10.6. The molecule has 0 unspecified atom stereocenters. The fourth-order valence-corrected chi connectivity index (χ4v) is 10.6. The van der Waals surface area contributed by atoms with Crippen LogP contribution in [0.4, 0.5) is 0 Å². The smallest absolute Gasteiger partial charge is 0.235 e. The average molecular weight is 787 g/mol. The zero-order valence-corrected chi connectivity index (χ0v) is 33.4. The molecule has 0 saturated heterocycles. The summed E-state index contributed by atoms with van der Waals surface area (Å²) in [7, 11) is 0. The Kier molecular flexibility index (Phi) is 6.80. The van der Waals surface area contributed by atoms with Gasteiger partial charge in [-0.05, 0) is 80.2 Å². The second-order valence-electron chi connectivity index (χ2n) is 16.5. The number of rotatable bonds is 3. The molecule has 0 radical (unpaired) electrons. The monoisotopic (exact) mass is 786 g/mol. The van der Waals surface area contributed by atoms with Crippen molar-refractivity contribution >= 4 is 108 Å². The Morgan fingerprint density at radius 2 is 0.855 bits per heavy atom. The van der Waals surface area contributed by atoms with Gasteiger partial charge in [-0.15, -0.1) is 0 Å². The van der Waals surface area contributed by atoms with E-state index in [-0.39, 0.29) is 0 Å². The molecule has 14 rings (SSSR count). The SMILES string of the molecule is c1ccc(-n2c3ccccc3c3cc(-c4nc(-n5c6ccc7c8ccccc8c8ccccc8c7c6c6ccc7ccccc7c65)nc5c4ccc4ccccc45)ccc32)cc1. The van der Waals surface area contributed by atoms with Crippen LogP contribution in [0.25, 0.3) is 131 Å². The fraction of sp³-hybridized carbons (Fsp3) is 0. The van der Waals surface area contributed by atoms with Crippen LogP contribution in [0.1, 0.15) is 0 Å². The minimum Gasteiger partial charge on any atom is -0.309 e. The van der Waals surface area contributed by atoms with Crippen molar-refractivity contribution in [3.05, 3.63) is 206 Å². The van der Waals surface area contributed by atoms with Gasteiger partial charge in [-0.2, -0.15) is 0 Å². The molecule has 0 bridgehead atoms. The molecule has 62 heavy (non-hydrogen) atoms. The molecule has 0 aliphatic rings. The van der Waals surface area contributed by atoms with Gasteiger partial charge in [0.05, 0.1) is 33.3 Å². The van der Waals surface area contributed by atoms with Crippen LogP contribution in [0.3, 0.4) is 0 Å². The Balaban J connectivity index is 1.14. The van der Waals surface area contributed by atoms with E-state index >= 15 is 0 Å². The molecule has 0 N–H and O–H groups in total. The molecule has 14 aromatic rings. The third-order valence-electron chi connectivity index (χ3n) is 13.3. The van der Waals surface area contributed by atoms with Gasteiger partial charge in [-0.1, -0.05) is 164 Å². The molecule has 4 heteroatoms. The number of fused-ring (bicyclic) bond motifs is 18. The Bertz CT molecular complexity index is 4180. The maximum absolute atomic E-state index is 5.72. The molecule has 3 heterocycles. The Morgan fingerprint density at radius 1 is 0.306 bits per heavy atom. The molecule has 0 spiro atoms. The molecule has 0 aliphatic heterocycles. The second-order valence-corrected chi connectivity index (χ2v) is 16.5. The molecule has 0 atom stereocenters. The summed E-state index contributed by atoms with van der Waals surface area (Å²) in [6, 6.07) is 74.8. The molecule has 3 aromatic heterocycles. The van der Waals surface area contributed by atoms with Crippen LogP contribution in [0.15, 0.2) is 206 Å². The van der Waals surface area contributed by atoms with E-state index in [1.807, 2.05) is 0 Å². The maximum atomic E-state index is 5.72. The van der Waals surface area contributed by atoms with Gasteiger partial charge in [0.15, 0.2) is 0 Å². The minimum atomic E-state index is 0.650. The largest absolute Gasteiger partial charge is 0.309 e. The van der Waals surface area contributed by atoms with E-state index < -0.39 is 0 Å². The van der Waals surface area contributed by atoms with Crippen molar-refractivity contribution < 1.29 is 0 Å². The summed E-state index contributed by atoms with van der Waals surface area (Å²) in [5, 5.41) is 17.9. The van der Waals surface area contributed by atoms with Crippen molar-refractivity contribution in [2.24, 2.45) is 0 Å². The highest BCUT2D eigenvalue weighted by Crippen LogP contribution is 2.45. The third-order valence-corrected chi connectivity index (χ3v) is 13.3. The van der Waals surface area contributed by atoms with Crippen LogP contribution >= 0.6 is 0 Å². The highest BCUT2D eigenvalue weighted by atomic mass is 15.2. The lowest BCUT2D eigenvalue weighted by Gasteiger charge is -2.15. The van der Waals surface area contributed by atoms with Crippen LogP contribution in [0.2, 0.25) is 0 Å². The topological polar surface area (TPSA) is 35.6 Å². The number of hydrogen-bond acceptors (Lipinski definition) is 2. The van der Waals surface area contributed by atoms with Crippen LogP contribution in [0.5, 0.6) is 0 Å². The molecule has 0 amide bonds. The molecule has 0 aliphatic carbocycles. The van der Waals surface area contributed by atoms with Gasteiger partial charge < -0.3 is 4.57 Å². The van der Waals surface area contributed by atoms with E-state index in [2.05, 4.69) is 215 Å². The number of nitrogens with zero attached hydrogens (tertiary/aromatic N) is 4. The van der Waals surface area contributed by atoms with E-state index in [1.54, 1.807) is 0 Å². The summed E-state index contributed by atoms with van der Waals surface area (Å²) in [5.41, 5.74) is 8.54. The normalized spacial score (nSPS) is 12.2. The quantitative estimate of drug-likeness (QED) is 0.167. The zero-order valence-electron chi connectivity index (χ0n) is 33.4. The van der Waals surface area contributed by atoms with Gasteiger partial charge >= 0.3 is 0 Å². The van der Waals surface area contributed by atoms with Gasteiger partial charge in [0.2, 0.25) is 5.95 Å². The standard InChI is InChI=1S/C58H34N4/c1-2-16-38(17-3-1)61-50-25-13-12-23-44(50)49-34-37(28-32-51(49)61)55-48-30-27-35-14-4-6-18-39(35)56(48)60-58(59-55)62-52-33-31-46-43-22-9-8-20-41(43)42-21-10-11-24-45(42)53(46)54(52)47-29-26-36-15-5-7-19-40(36)57(47)62/h1-34H. The number of aromatic nitrogens is 4. The minimum absolute atomic E-state index is 0.650. The molecule has 11 aromatic carbocycles. The van der Waals surface area contributed by atoms with Crippen molar-refractivity contribution in [1.82, 2.24) is 19.1 Å². The first-order valence-corrected chi connectivity index (χ1v) is 21.3. The van der Waals surface area contributed by atoms with Crippen LogP contribution in [-0.2, 0) is 0 Å². The molecule has 4 nitrogen and oxygen atoms in total. The summed E-state index contributed by atoms with van der Waals surface area (Å²) in [5.74, 6) is 0.650. The van der Waals surface area contributed by atoms with Gasteiger partial charge in [-0.25, -0.2) is 9.97 Å². The van der Waals surface area contributed by atoms with Gasteiger partial charge in [0.25, 0.3) is 0 Å². The summed E-state index contributed by atoms with van der Waals surface area (Å²) in [4.78, 5) is 11.4. The Hall–Kier alpha value is -8.34. The van der Waals surface area contributed by atoms with E-state index in [0.717, 1.165) is 60.6 Å². The highest BCUT2D eigenvalue weighted by molar-refractivity contribution is 6.36. The van der Waals surface area contributed by atoms with E-state index in [1.165, 1.54) is 64.8 Å². The van der Waals surface area contributed by atoms with Crippen molar-refractivity contribution in [2.75, 3.05) is 0 Å². The number of benzene rings is 11. The molecule has 0 fully saturated rings. The van der Waals surface area contributed by atoms with Gasteiger partial charge in [0.1, 0.15) is 0 Å². The first-order chi connectivity index (χ1) is 30.8. The van der Waals surface area contributed by atoms with Crippen molar-refractivity contribution in [3.8, 4) is 22.9 Å². The van der Waals surface area contributed by atoms with Crippen LogP contribution < -0.4 is 0 Å². The van der Waals surface area contributed by atoms with E-state index in [4.69, 9.17) is 9.97 Å². The van der Waals surface area contributed by atoms with Gasteiger partial charge in [-0.3, -0.25) is 4.57 Å². The summed E-state index contributed by atoms with van der Waals surface area (Å²) in [6.45, 7) is 0. The summed E-state index contributed by atoms with van der Waals surface area (Å²) in [6.07, 6.45) is 0. The lowest BCUT2D eigenvalue weighted by Crippen LogP contribution is -2.04. The first kappa shape index (κ1) is 33.5. The predicted octanol–water partition coefficient (Wildman–Crippen LogP) is 15.3. The van der Waals surface area contributed by atoms with Gasteiger partial charge in [0, 0.05) is 54.3 Å². The molecular formula is C58H34N4. The first-order valence-electron chi connectivity index (χ1n) is 21.3. The van der Waals surface area contributed by atoms with Crippen molar-refractivity contribution in [2.45, 2.75) is 0 Å². The third kappa shape index (κ3) is 4.55. The maximum Gasteiger partial charge on any atom is 0.235 e.